The highest BCUT2D eigenvalue weighted by atomic mass is 16.3. The molecule has 1 N–H and O–H groups in total. The number of nitrogens with zero attached hydrogens (tertiary/aromatic N) is 3. The maximum absolute atomic E-state index is 13.0. The molecular weight excluding hydrogens is 302 g/mol. The summed E-state index contributed by atoms with van der Waals surface area (Å²) in [7, 11) is 0. The van der Waals surface area contributed by atoms with Gasteiger partial charge in [-0.05, 0) is 38.2 Å². The van der Waals surface area contributed by atoms with Gasteiger partial charge in [0.15, 0.2) is 0 Å². The maximum Gasteiger partial charge on any atom is 0.257 e. The number of rotatable bonds is 2. The van der Waals surface area contributed by atoms with Crippen molar-refractivity contribution in [1.29, 1.82) is 0 Å². The van der Waals surface area contributed by atoms with E-state index in [1.54, 1.807) is 11.1 Å². The van der Waals surface area contributed by atoms with Gasteiger partial charge in [-0.3, -0.25) is 9.48 Å². The molecule has 2 aromatic rings. The Morgan fingerprint density at radius 2 is 2.12 bits per heavy atom. The molecular formula is C19H23N3O2. The van der Waals surface area contributed by atoms with Crippen LogP contribution in [0.2, 0.25) is 0 Å². The Morgan fingerprint density at radius 1 is 1.33 bits per heavy atom. The van der Waals surface area contributed by atoms with Crippen molar-refractivity contribution in [1.82, 2.24) is 14.7 Å². The monoisotopic (exact) mass is 325 g/mol. The van der Waals surface area contributed by atoms with Gasteiger partial charge in [0, 0.05) is 12.6 Å². The Kier molecular flexibility index (Phi) is 3.68. The molecule has 3 heterocycles. The summed E-state index contributed by atoms with van der Waals surface area (Å²) in [6.45, 7) is 3.06. The number of β-amino-alcohol motifs (C(OH)–C–C–N with tert-alkyl or cyclic N) is 1. The molecule has 126 valence electrons. The van der Waals surface area contributed by atoms with Gasteiger partial charge in [0.25, 0.3) is 5.91 Å². The normalized spacial score (nSPS) is 26.4. The van der Waals surface area contributed by atoms with Crippen LogP contribution in [0.5, 0.6) is 0 Å². The van der Waals surface area contributed by atoms with E-state index in [1.807, 2.05) is 35.0 Å². The van der Waals surface area contributed by atoms with Crippen molar-refractivity contribution in [3.8, 4) is 0 Å². The molecule has 2 unspecified atom stereocenters. The first-order chi connectivity index (χ1) is 11.6. The van der Waals surface area contributed by atoms with Crippen LogP contribution in [0.4, 0.5) is 0 Å². The molecule has 2 aliphatic heterocycles. The molecule has 0 bridgehead atoms. The molecule has 5 nitrogen and oxygen atoms in total. The highest BCUT2D eigenvalue weighted by Crippen LogP contribution is 2.33. The molecule has 0 radical (unpaired) electrons. The van der Waals surface area contributed by atoms with E-state index in [9.17, 15) is 9.90 Å². The number of carbonyl (C=O) groups excluding carboxylic acids is 1. The fraction of sp³-hybridized carbons (Fsp3) is 0.474. The van der Waals surface area contributed by atoms with E-state index in [1.165, 1.54) is 0 Å². The fourth-order valence-electron chi connectivity index (χ4n) is 4.00. The number of carbonyl (C=O) groups is 1. The maximum atomic E-state index is 13.0. The van der Waals surface area contributed by atoms with Gasteiger partial charge in [-0.15, -0.1) is 0 Å². The van der Waals surface area contributed by atoms with Crippen molar-refractivity contribution < 1.29 is 9.90 Å². The van der Waals surface area contributed by atoms with Crippen molar-refractivity contribution in [2.24, 2.45) is 0 Å². The minimum Gasteiger partial charge on any atom is -0.383 e. The number of hydrogen-bond donors (Lipinski definition) is 1. The molecule has 0 spiro atoms. The summed E-state index contributed by atoms with van der Waals surface area (Å²) in [6, 6.07) is 10.00. The number of aromatic nitrogens is 2. The Labute approximate surface area is 141 Å². The van der Waals surface area contributed by atoms with Crippen molar-refractivity contribution in [2.75, 3.05) is 13.1 Å². The zero-order valence-corrected chi connectivity index (χ0v) is 14.0. The SMILES string of the molecule is CC1CCCc2c(C(=O)N3CCC(O)(c4ccccc4)C3)cnn21. The summed E-state index contributed by atoms with van der Waals surface area (Å²) in [5.41, 5.74) is 1.69. The van der Waals surface area contributed by atoms with Gasteiger partial charge in [-0.2, -0.15) is 5.10 Å². The lowest BCUT2D eigenvalue weighted by molar-refractivity contribution is 0.0417. The Bertz CT molecular complexity index is 755. The van der Waals surface area contributed by atoms with Gasteiger partial charge in [-0.1, -0.05) is 30.3 Å². The number of fused-ring (bicyclic) bond motifs is 1. The van der Waals surface area contributed by atoms with Crippen LogP contribution < -0.4 is 0 Å². The van der Waals surface area contributed by atoms with Crippen LogP contribution in [0.1, 0.15) is 53.8 Å². The molecule has 24 heavy (non-hydrogen) atoms. The minimum absolute atomic E-state index is 0.00259. The van der Waals surface area contributed by atoms with Crippen LogP contribution >= 0.6 is 0 Å². The average molecular weight is 325 g/mol. The first-order valence-electron chi connectivity index (χ1n) is 8.72. The zero-order chi connectivity index (χ0) is 16.7. The average Bonchev–Trinajstić information content (AvgIpc) is 3.21. The largest absolute Gasteiger partial charge is 0.383 e. The first kappa shape index (κ1) is 15.4. The van der Waals surface area contributed by atoms with Gasteiger partial charge in [0.1, 0.15) is 5.60 Å². The van der Waals surface area contributed by atoms with Gasteiger partial charge in [0.05, 0.1) is 24.0 Å². The van der Waals surface area contributed by atoms with Crippen LogP contribution in [0.25, 0.3) is 0 Å². The van der Waals surface area contributed by atoms with E-state index in [0.717, 1.165) is 30.5 Å². The molecule has 1 amide bonds. The molecule has 5 heteroatoms. The number of benzene rings is 1. The predicted molar refractivity (Wildman–Crippen MR) is 90.7 cm³/mol. The van der Waals surface area contributed by atoms with E-state index < -0.39 is 5.60 Å². The van der Waals surface area contributed by atoms with E-state index in [2.05, 4.69) is 12.0 Å². The first-order valence-corrected chi connectivity index (χ1v) is 8.72. The summed E-state index contributed by atoms with van der Waals surface area (Å²) < 4.78 is 2.00. The highest BCUT2D eigenvalue weighted by molar-refractivity contribution is 5.95. The smallest absolute Gasteiger partial charge is 0.257 e. The second kappa shape index (κ2) is 5.74. The molecule has 1 aromatic carbocycles. The van der Waals surface area contributed by atoms with Crippen LogP contribution in [0.3, 0.4) is 0 Å². The van der Waals surface area contributed by atoms with E-state index in [-0.39, 0.29) is 5.91 Å². The van der Waals surface area contributed by atoms with E-state index >= 15 is 0 Å². The number of likely N-dealkylation sites (tertiary alicyclic amines) is 1. The standard InChI is InChI=1S/C19H23N3O2/c1-14-6-5-9-17-16(12-20-22(14)17)18(23)21-11-10-19(24,13-21)15-7-3-2-4-8-15/h2-4,7-8,12,14,24H,5-6,9-11,13H2,1H3. The number of hydrogen-bond acceptors (Lipinski definition) is 3. The predicted octanol–water partition coefficient (Wildman–Crippen LogP) is 2.51. The van der Waals surface area contributed by atoms with E-state index in [4.69, 9.17) is 0 Å². The Balaban J connectivity index is 1.57. The third-order valence-corrected chi connectivity index (χ3v) is 5.43. The van der Waals surface area contributed by atoms with Crippen LogP contribution in [-0.4, -0.2) is 38.8 Å². The number of amides is 1. The molecule has 0 aliphatic carbocycles. The quantitative estimate of drug-likeness (QED) is 0.923. The highest BCUT2D eigenvalue weighted by Gasteiger charge is 2.40. The van der Waals surface area contributed by atoms with Gasteiger partial charge >= 0.3 is 0 Å². The molecule has 2 aliphatic rings. The van der Waals surface area contributed by atoms with Crippen LogP contribution in [0, 0.1) is 0 Å². The summed E-state index contributed by atoms with van der Waals surface area (Å²) >= 11 is 0. The topological polar surface area (TPSA) is 58.4 Å². The Morgan fingerprint density at radius 3 is 2.92 bits per heavy atom. The lowest BCUT2D eigenvalue weighted by Gasteiger charge is -2.25. The van der Waals surface area contributed by atoms with E-state index in [0.29, 0.717) is 31.1 Å². The van der Waals surface area contributed by atoms with Gasteiger partial charge in [-0.25, -0.2) is 0 Å². The van der Waals surface area contributed by atoms with Crippen molar-refractivity contribution in [3.63, 3.8) is 0 Å². The fourth-order valence-corrected chi connectivity index (χ4v) is 4.00. The summed E-state index contributed by atoms with van der Waals surface area (Å²) in [5.74, 6) is -0.00259. The van der Waals surface area contributed by atoms with Gasteiger partial charge in [0.2, 0.25) is 0 Å². The van der Waals surface area contributed by atoms with Crippen molar-refractivity contribution in [2.45, 2.75) is 44.2 Å². The molecule has 1 fully saturated rings. The molecule has 1 saturated heterocycles. The lowest BCUT2D eigenvalue weighted by atomic mass is 9.93. The van der Waals surface area contributed by atoms with Gasteiger partial charge < -0.3 is 10.0 Å². The third-order valence-electron chi connectivity index (χ3n) is 5.43. The summed E-state index contributed by atoms with van der Waals surface area (Å²) in [4.78, 5) is 14.7. The summed E-state index contributed by atoms with van der Waals surface area (Å²) in [6.07, 6.45) is 5.39. The molecule has 1 aromatic heterocycles. The van der Waals surface area contributed by atoms with Crippen molar-refractivity contribution >= 4 is 5.91 Å². The van der Waals surface area contributed by atoms with Crippen LogP contribution in [-0.2, 0) is 12.0 Å². The van der Waals surface area contributed by atoms with Crippen molar-refractivity contribution in [3.05, 3.63) is 53.3 Å². The third kappa shape index (κ3) is 2.44. The molecule has 2 atom stereocenters. The zero-order valence-electron chi connectivity index (χ0n) is 14.0. The molecule has 0 saturated carbocycles. The second-order valence-electron chi connectivity index (χ2n) is 7.07. The minimum atomic E-state index is -0.947. The summed E-state index contributed by atoms with van der Waals surface area (Å²) in [5, 5.41) is 15.4. The van der Waals surface area contributed by atoms with Crippen LogP contribution in [0.15, 0.2) is 36.5 Å². The Hall–Kier alpha value is -2.14. The lowest BCUT2D eigenvalue weighted by Crippen LogP contribution is -2.35. The number of aliphatic hydroxyl groups is 1. The molecule has 4 rings (SSSR count). The second-order valence-corrected chi connectivity index (χ2v) is 7.07.